The molecule has 0 N–H and O–H groups in total. The fourth-order valence-electron chi connectivity index (χ4n) is 5.23. The Morgan fingerprint density at radius 1 is 1.04 bits per heavy atom. The largest absolute Gasteiger partial charge is 0.458 e. The zero-order valence-electron chi connectivity index (χ0n) is 14.8. The van der Waals surface area contributed by atoms with Crippen LogP contribution in [0.2, 0.25) is 0 Å². The first kappa shape index (κ1) is 16.5. The molecule has 5 nitrogen and oxygen atoms in total. The summed E-state index contributed by atoms with van der Waals surface area (Å²) in [6.45, 7) is 0. The summed E-state index contributed by atoms with van der Waals surface area (Å²) in [7, 11) is 0. The van der Waals surface area contributed by atoms with Gasteiger partial charge in [0.15, 0.2) is 6.29 Å². The molecule has 5 atom stereocenters. The quantitative estimate of drug-likeness (QED) is 0.615. The van der Waals surface area contributed by atoms with E-state index in [9.17, 15) is 14.4 Å². The highest BCUT2D eigenvalue weighted by molar-refractivity contribution is 6.09. The van der Waals surface area contributed by atoms with Crippen LogP contribution >= 0.6 is 0 Å². The molecule has 2 aliphatic carbocycles. The van der Waals surface area contributed by atoms with Gasteiger partial charge in [-0.3, -0.25) is 9.59 Å². The lowest BCUT2D eigenvalue weighted by atomic mass is 9.67. The first-order valence-corrected chi connectivity index (χ1v) is 9.52. The lowest BCUT2D eigenvalue weighted by molar-refractivity contribution is -0.156. The molecule has 27 heavy (non-hydrogen) atoms. The molecule has 0 radical (unpaired) electrons. The van der Waals surface area contributed by atoms with Crippen LogP contribution in [0.3, 0.4) is 0 Å². The molecule has 6 rings (SSSR count). The molecule has 2 aliphatic heterocycles. The van der Waals surface area contributed by atoms with E-state index >= 15 is 0 Å². The number of esters is 2. The van der Waals surface area contributed by atoms with Crippen molar-refractivity contribution in [3.05, 3.63) is 47.5 Å². The maximum atomic E-state index is 13.0. The van der Waals surface area contributed by atoms with E-state index < -0.39 is 5.97 Å². The summed E-state index contributed by atoms with van der Waals surface area (Å²) in [6, 6.07) is 10.6. The summed E-state index contributed by atoms with van der Waals surface area (Å²) in [6.07, 6.45) is 3.50. The van der Waals surface area contributed by atoms with E-state index in [0.717, 1.165) is 37.4 Å². The van der Waals surface area contributed by atoms with Crippen molar-refractivity contribution in [2.24, 2.45) is 17.8 Å². The van der Waals surface area contributed by atoms with Crippen LogP contribution < -0.4 is 0 Å². The Kier molecular flexibility index (Phi) is 3.78. The first-order chi connectivity index (χ1) is 13.1. The van der Waals surface area contributed by atoms with Crippen LogP contribution in [-0.4, -0.2) is 30.4 Å². The van der Waals surface area contributed by atoms with Crippen LogP contribution in [0.4, 0.5) is 0 Å². The average Bonchev–Trinajstić information content (AvgIpc) is 2.84. The van der Waals surface area contributed by atoms with Crippen molar-refractivity contribution < 1.29 is 23.9 Å². The topological polar surface area (TPSA) is 69.7 Å². The highest BCUT2D eigenvalue weighted by Gasteiger charge is 2.51. The van der Waals surface area contributed by atoms with Crippen LogP contribution in [0.1, 0.15) is 46.4 Å². The third-order valence-corrected chi connectivity index (χ3v) is 6.39. The summed E-state index contributed by atoms with van der Waals surface area (Å²) < 4.78 is 11.6. The van der Waals surface area contributed by atoms with E-state index in [1.165, 1.54) is 0 Å². The first-order valence-electron chi connectivity index (χ1n) is 9.52. The molecule has 4 aliphatic rings. The Bertz CT molecular complexity index is 949. The Balaban J connectivity index is 1.47. The molecule has 5 unspecified atom stereocenters. The number of aldehydes is 1. The second-order valence-corrected chi connectivity index (χ2v) is 7.98. The Hall–Kier alpha value is -2.69. The van der Waals surface area contributed by atoms with Crippen molar-refractivity contribution >= 4 is 29.0 Å². The Labute approximate surface area is 156 Å². The second-order valence-electron chi connectivity index (χ2n) is 7.98. The summed E-state index contributed by atoms with van der Waals surface area (Å²) in [5, 5.41) is 1.43. The lowest BCUT2D eigenvalue weighted by Crippen LogP contribution is -2.45. The third-order valence-electron chi connectivity index (χ3n) is 6.39. The van der Waals surface area contributed by atoms with Gasteiger partial charge >= 0.3 is 11.9 Å². The monoisotopic (exact) mass is 364 g/mol. The van der Waals surface area contributed by atoms with Gasteiger partial charge in [0.25, 0.3) is 0 Å². The minimum atomic E-state index is -0.419. The molecule has 0 amide bonds. The number of fused-ring (bicyclic) bond motifs is 2. The molecule has 5 heteroatoms. The fraction of sp³-hybridized carbons (Fsp3) is 0.409. The molecule has 4 bridgehead atoms. The number of rotatable bonds is 3. The van der Waals surface area contributed by atoms with E-state index in [2.05, 4.69) is 0 Å². The predicted octanol–water partition coefficient (Wildman–Crippen LogP) is 3.54. The third kappa shape index (κ3) is 2.64. The van der Waals surface area contributed by atoms with Crippen LogP contribution in [0, 0.1) is 17.8 Å². The average molecular weight is 364 g/mol. The van der Waals surface area contributed by atoms with Crippen LogP contribution in [-0.2, 0) is 14.3 Å². The summed E-state index contributed by atoms with van der Waals surface area (Å²) >= 11 is 0. The molecule has 2 saturated carbocycles. The van der Waals surface area contributed by atoms with Crippen molar-refractivity contribution in [2.75, 3.05) is 0 Å². The standard InChI is InChI=1S/C22H20O5/c23-11-13-5-6-18(17-4-2-1-3-16(13)17)22(25)27-20-14-7-12-8-15(10-14)21(24)26-19(20)9-12/h1-6,11-12,14-15,19-20H,7-10H2. The summed E-state index contributed by atoms with van der Waals surface area (Å²) in [5.41, 5.74) is 0.984. The van der Waals surface area contributed by atoms with Crippen molar-refractivity contribution in [1.82, 2.24) is 0 Å². The Morgan fingerprint density at radius 3 is 2.67 bits per heavy atom. The maximum Gasteiger partial charge on any atom is 0.339 e. The van der Waals surface area contributed by atoms with Gasteiger partial charge in [-0.05, 0) is 48.4 Å². The Morgan fingerprint density at radius 2 is 1.85 bits per heavy atom. The number of carbonyl (C=O) groups is 3. The van der Waals surface area contributed by atoms with Crippen LogP contribution in [0.5, 0.6) is 0 Å². The van der Waals surface area contributed by atoms with Crippen LogP contribution in [0.25, 0.3) is 10.8 Å². The number of benzene rings is 2. The fourth-order valence-corrected chi connectivity index (χ4v) is 5.23. The van der Waals surface area contributed by atoms with Crippen molar-refractivity contribution in [1.29, 1.82) is 0 Å². The normalized spacial score (nSPS) is 31.4. The number of hydrogen-bond acceptors (Lipinski definition) is 5. The van der Waals surface area contributed by atoms with Gasteiger partial charge in [-0.2, -0.15) is 0 Å². The highest BCUT2D eigenvalue weighted by Crippen LogP contribution is 2.48. The van der Waals surface area contributed by atoms with Gasteiger partial charge < -0.3 is 9.47 Å². The van der Waals surface area contributed by atoms with Gasteiger partial charge in [0, 0.05) is 11.5 Å². The van der Waals surface area contributed by atoms with E-state index in [0.29, 0.717) is 22.4 Å². The number of ether oxygens (including phenoxy) is 2. The van der Waals surface area contributed by atoms with Crippen molar-refractivity contribution in [2.45, 2.75) is 37.9 Å². The molecule has 2 heterocycles. The van der Waals surface area contributed by atoms with E-state index in [4.69, 9.17) is 9.47 Å². The zero-order chi connectivity index (χ0) is 18.5. The van der Waals surface area contributed by atoms with Gasteiger partial charge in [-0.1, -0.05) is 30.3 Å². The summed E-state index contributed by atoms with van der Waals surface area (Å²) in [4.78, 5) is 36.5. The molecule has 4 fully saturated rings. The highest BCUT2D eigenvalue weighted by atomic mass is 16.6. The van der Waals surface area contributed by atoms with Crippen molar-refractivity contribution in [3.8, 4) is 0 Å². The second kappa shape index (κ2) is 6.19. The molecule has 138 valence electrons. The van der Waals surface area contributed by atoms with Gasteiger partial charge in [0.05, 0.1) is 11.5 Å². The minimum absolute atomic E-state index is 0.0462. The van der Waals surface area contributed by atoms with Gasteiger partial charge in [0.2, 0.25) is 0 Å². The van der Waals surface area contributed by atoms with Crippen molar-refractivity contribution in [3.63, 3.8) is 0 Å². The summed E-state index contributed by atoms with van der Waals surface area (Å²) in [5.74, 6) is 0.0788. The van der Waals surface area contributed by atoms with E-state index in [1.807, 2.05) is 24.3 Å². The number of hydrogen-bond donors (Lipinski definition) is 0. The molecule has 2 aromatic rings. The molecular weight excluding hydrogens is 344 g/mol. The molecule has 2 aromatic carbocycles. The SMILES string of the molecule is O=Cc1ccc(C(=O)OC2C3CC4CC(C3)C(=O)OC2C4)c2ccccc12. The van der Waals surface area contributed by atoms with E-state index in [-0.39, 0.29) is 30.0 Å². The molecule has 0 aromatic heterocycles. The smallest absolute Gasteiger partial charge is 0.339 e. The lowest BCUT2D eigenvalue weighted by Gasteiger charge is -2.41. The number of carbonyl (C=O) groups excluding carboxylic acids is 3. The molecule has 0 spiro atoms. The van der Waals surface area contributed by atoms with Gasteiger partial charge in [-0.15, -0.1) is 0 Å². The molecule has 2 saturated heterocycles. The molecular formula is C22H20O5. The van der Waals surface area contributed by atoms with Gasteiger partial charge in [-0.25, -0.2) is 4.79 Å². The zero-order valence-corrected chi connectivity index (χ0v) is 14.8. The predicted molar refractivity (Wildman–Crippen MR) is 97.4 cm³/mol. The minimum Gasteiger partial charge on any atom is -0.458 e. The van der Waals surface area contributed by atoms with Crippen LogP contribution in [0.15, 0.2) is 36.4 Å². The van der Waals surface area contributed by atoms with Gasteiger partial charge in [0.1, 0.15) is 12.2 Å². The maximum absolute atomic E-state index is 13.0. The van der Waals surface area contributed by atoms with E-state index in [1.54, 1.807) is 12.1 Å².